The molecule has 0 bridgehead atoms. The summed E-state index contributed by atoms with van der Waals surface area (Å²) in [4.78, 5) is 30.7. The van der Waals surface area contributed by atoms with Crippen LogP contribution in [-0.4, -0.2) is 43.8 Å². The lowest BCUT2D eigenvalue weighted by molar-refractivity contribution is 0.195. The quantitative estimate of drug-likeness (QED) is 0.334. The van der Waals surface area contributed by atoms with Crippen LogP contribution >= 0.6 is 0 Å². The van der Waals surface area contributed by atoms with E-state index >= 15 is 0 Å². The van der Waals surface area contributed by atoms with E-state index in [0.29, 0.717) is 47.8 Å². The first-order valence-corrected chi connectivity index (χ1v) is 12.0. The molecule has 0 aliphatic rings. The summed E-state index contributed by atoms with van der Waals surface area (Å²) >= 11 is 0. The van der Waals surface area contributed by atoms with Crippen LogP contribution in [0.1, 0.15) is 16.7 Å². The highest BCUT2D eigenvalue weighted by molar-refractivity contribution is 5.80. The molecule has 192 valence electrons. The third-order valence-electron chi connectivity index (χ3n) is 6.18. The maximum absolute atomic E-state index is 13.3. The van der Waals surface area contributed by atoms with E-state index in [-0.39, 0.29) is 18.1 Å². The number of carbonyl (C=O) groups is 1. The summed E-state index contributed by atoms with van der Waals surface area (Å²) in [6, 6.07) is 22.5. The molecule has 37 heavy (non-hydrogen) atoms. The number of methoxy groups -OCH3 is 3. The number of amides is 2. The Morgan fingerprint density at radius 1 is 0.865 bits per heavy atom. The molecule has 8 heteroatoms. The third kappa shape index (κ3) is 6.41. The summed E-state index contributed by atoms with van der Waals surface area (Å²) in [6.07, 6.45) is 0.571. The molecule has 0 unspecified atom stereocenters. The SMILES string of the molecule is COc1ccc2cc(CN(CCc3ccc(OC)c(OC)c3)C(=O)NCc3ccccc3)c(=O)[nH]c2c1. The number of H-pyrrole nitrogens is 1. The smallest absolute Gasteiger partial charge is 0.317 e. The lowest BCUT2D eigenvalue weighted by Gasteiger charge is -2.23. The molecular formula is C29H31N3O5. The Morgan fingerprint density at radius 2 is 1.65 bits per heavy atom. The number of hydrogen-bond donors (Lipinski definition) is 2. The number of aromatic nitrogens is 1. The second-order valence-electron chi connectivity index (χ2n) is 8.58. The number of pyridine rings is 1. The zero-order valence-electron chi connectivity index (χ0n) is 21.2. The zero-order valence-corrected chi connectivity index (χ0v) is 21.2. The van der Waals surface area contributed by atoms with E-state index in [1.165, 1.54) is 0 Å². The van der Waals surface area contributed by atoms with Crippen molar-refractivity contribution in [3.8, 4) is 17.2 Å². The van der Waals surface area contributed by atoms with Crippen LogP contribution < -0.4 is 25.1 Å². The molecule has 1 heterocycles. The Labute approximate surface area is 215 Å². The largest absolute Gasteiger partial charge is 0.497 e. The van der Waals surface area contributed by atoms with Crippen molar-refractivity contribution in [2.75, 3.05) is 27.9 Å². The highest BCUT2D eigenvalue weighted by Gasteiger charge is 2.17. The normalized spacial score (nSPS) is 10.7. The lowest BCUT2D eigenvalue weighted by atomic mass is 10.1. The van der Waals surface area contributed by atoms with Gasteiger partial charge in [-0.15, -0.1) is 0 Å². The molecular weight excluding hydrogens is 470 g/mol. The second kappa shape index (κ2) is 12.0. The molecule has 0 saturated heterocycles. The van der Waals surface area contributed by atoms with Gasteiger partial charge >= 0.3 is 6.03 Å². The van der Waals surface area contributed by atoms with Gasteiger partial charge in [-0.1, -0.05) is 36.4 Å². The molecule has 0 saturated carbocycles. The van der Waals surface area contributed by atoms with Crippen molar-refractivity contribution in [2.45, 2.75) is 19.5 Å². The van der Waals surface area contributed by atoms with E-state index in [9.17, 15) is 9.59 Å². The van der Waals surface area contributed by atoms with Gasteiger partial charge in [0.05, 0.1) is 33.4 Å². The van der Waals surface area contributed by atoms with Crippen LogP contribution in [-0.2, 0) is 19.5 Å². The number of nitrogens with one attached hydrogen (secondary N) is 2. The molecule has 4 rings (SSSR count). The first kappa shape index (κ1) is 25.6. The van der Waals surface area contributed by atoms with Crippen LogP contribution in [0.15, 0.2) is 77.6 Å². The lowest BCUT2D eigenvalue weighted by Crippen LogP contribution is -2.41. The Morgan fingerprint density at radius 3 is 2.38 bits per heavy atom. The summed E-state index contributed by atoms with van der Waals surface area (Å²) in [7, 11) is 4.76. The minimum absolute atomic E-state index is 0.158. The highest BCUT2D eigenvalue weighted by Crippen LogP contribution is 2.28. The Bertz CT molecular complexity index is 1420. The highest BCUT2D eigenvalue weighted by atomic mass is 16.5. The van der Waals surface area contributed by atoms with Crippen LogP contribution in [0, 0.1) is 0 Å². The predicted molar refractivity (Wildman–Crippen MR) is 143 cm³/mol. The van der Waals surface area contributed by atoms with Crippen molar-refractivity contribution >= 4 is 16.9 Å². The molecule has 4 aromatic rings. The number of carbonyl (C=O) groups excluding carboxylic acids is 1. The Balaban J connectivity index is 1.56. The Kier molecular flexibility index (Phi) is 8.30. The topological polar surface area (TPSA) is 92.9 Å². The van der Waals surface area contributed by atoms with Crippen molar-refractivity contribution in [1.82, 2.24) is 15.2 Å². The van der Waals surface area contributed by atoms with Crippen molar-refractivity contribution in [2.24, 2.45) is 0 Å². The number of urea groups is 1. The summed E-state index contributed by atoms with van der Waals surface area (Å²) in [6.45, 7) is 0.946. The van der Waals surface area contributed by atoms with Gasteiger partial charge in [0.1, 0.15) is 5.75 Å². The number of aromatic amines is 1. The molecule has 1 aromatic heterocycles. The van der Waals surface area contributed by atoms with Crippen LogP contribution in [0.2, 0.25) is 0 Å². The van der Waals surface area contributed by atoms with E-state index in [0.717, 1.165) is 16.5 Å². The number of fused-ring (bicyclic) bond motifs is 1. The first-order valence-electron chi connectivity index (χ1n) is 12.0. The molecule has 2 N–H and O–H groups in total. The zero-order chi connectivity index (χ0) is 26.2. The summed E-state index contributed by atoms with van der Waals surface area (Å²) in [5.74, 6) is 1.93. The van der Waals surface area contributed by atoms with E-state index in [2.05, 4.69) is 10.3 Å². The maximum atomic E-state index is 13.3. The van der Waals surface area contributed by atoms with Gasteiger partial charge in [-0.2, -0.15) is 0 Å². The van der Waals surface area contributed by atoms with E-state index in [4.69, 9.17) is 14.2 Å². The first-order chi connectivity index (χ1) is 18.0. The summed E-state index contributed by atoms with van der Waals surface area (Å²) < 4.78 is 16.0. The molecule has 0 radical (unpaired) electrons. The minimum Gasteiger partial charge on any atom is -0.497 e. The van der Waals surface area contributed by atoms with Gasteiger partial charge in [0, 0.05) is 24.7 Å². The van der Waals surface area contributed by atoms with E-state index in [1.807, 2.05) is 66.7 Å². The van der Waals surface area contributed by atoms with Gasteiger partial charge < -0.3 is 29.4 Å². The van der Waals surface area contributed by atoms with Crippen LogP contribution in [0.25, 0.3) is 10.9 Å². The molecule has 3 aromatic carbocycles. The third-order valence-corrected chi connectivity index (χ3v) is 6.18. The van der Waals surface area contributed by atoms with Crippen molar-refractivity contribution in [3.63, 3.8) is 0 Å². The second-order valence-corrected chi connectivity index (χ2v) is 8.58. The number of benzene rings is 3. The summed E-state index contributed by atoms with van der Waals surface area (Å²) in [5.41, 5.74) is 2.91. The van der Waals surface area contributed by atoms with Gasteiger partial charge in [-0.3, -0.25) is 4.79 Å². The molecule has 0 spiro atoms. The molecule has 2 amide bonds. The molecule has 8 nitrogen and oxygen atoms in total. The number of nitrogens with zero attached hydrogens (tertiary/aromatic N) is 1. The van der Waals surface area contributed by atoms with Crippen molar-refractivity contribution < 1.29 is 19.0 Å². The van der Waals surface area contributed by atoms with Gasteiger partial charge in [-0.05, 0) is 53.3 Å². The number of hydrogen-bond acceptors (Lipinski definition) is 5. The average molecular weight is 502 g/mol. The van der Waals surface area contributed by atoms with Crippen molar-refractivity contribution in [1.29, 1.82) is 0 Å². The molecule has 0 aliphatic heterocycles. The van der Waals surface area contributed by atoms with Crippen LogP contribution in [0.4, 0.5) is 4.79 Å². The van der Waals surface area contributed by atoms with E-state index < -0.39 is 0 Å². The number of rotatable bonds is 10. The maximum Gasteiger partial charge on any atom is 0.317 e. The van der Waals surface area contributed by atoms with Gasteiger partial charge in [0.25, 0.3) is 5.56 Å². The van der Waals surface area contributed by atoms with Gasteiger partial charge in [0.15, 0.2) is 11.5 Å². The minimum atomic E-state index is -0.251. The molecule has 0 atom stereocenters. The number of ether oxygens (including phenoxy) is 3. The fraction of sp³-hybridized carbons (Fsp3) is 0.241. The van der Waals surface area contributed by atoms with Gasteiger partial charge in [-0.25, -0.2) is 4.79 Å². The van der Waals surface area contributed by atoms with Gasteiger partial charge in [0.2, 0.25) is 0 Å². The van der Waals surface area contributed by atoms with E-state index in [1.54, 1.807) is 32.3 Å². The van der Waals surface area contributed by atoms with Crippen molar-refractivity contribution in [3.05, 3.63) is 99.8 Å². The van der Waals surface area contributed by atoms with Crippen LogP contribution in [0.5, 0.6) is 17.2 Å². The average Bonchev–Trinajstić information content (AvgIpc) is 2.94. The Hall–Kier alpha value is -4.46. The van der Waals surface area contributed by atoms with Crippen LogP contribution in [0.3, 0.4) is 0 Å². The molecule has 0 aliphatic carbocycles. The fourth-order valence-corrected chi connectivity index (χ4v) is 4.11. The standard InChI is InChI=1S/C29H31N3O5/c1-35-24-11-10-22-16-23(28(33)31-25(22)17-24)19-32(29(34)30-18-21-7-5-4-6-8-21)14-13-20-9-12-26(36-2)27(15-20)37-3/h4-12,15-17H,13-14,18-19H2,1-3H3,(H,30,34)(H,31,33). The molecule has 0 fully saturated rings. The fourth-order valence-electron chi connectivity index (χ4n) is 4.11. The predicted octanol–water partition coefficient (Wildman–Crippen LogP) is 4.51. The monoisotopic (exact) mass is 501 g/mol. The summed E-state index contributed by atoms with van der Waals surface area (Å²) in [5, 5.41) is 3.84.